The molecular formula is C49H82O17P2. The summed E-state index contributed by atoms with van der Waals surface area (Å²) >= 11 is 0. The van der Waals surface area contributed by atoms with Gasteiger partial charge in [0.2, 0.25) is 0 Å². The molecule has 390 valence electrons. The highest BCUT2D eigenvalue weighted by atomic mass is 31.2. The Morgan fingerprint density at radius 2 is 1.03 bits per heavy atom. The van der Waals surface area contributed by atoms with Crippen LogP contribution in [0.15, 0.2) is 72.9 Å². The molecular weight excluding hydrogens is 922 g/mol. The normalized spacial score (nSPS) is 24.8. The van der Waals surface area contributed by atoms with Crippen molar-refractivity contribution in [1.82, 2.24) is 0 Å². The van der Waals surface area contributed by atoms with Gasteiger partial charge in [0, 0.05) is 12.8 Å². The van der Waals surface area contributed by atoms with E-state index in [1.165, 1.54) is 38.5 Å². The first kappa shape index (κ1) is 61.5. The number of carbonyl (C=O) groups is 2. The number of ether oxygens (including phenoxy) is 3. The van der Waals surface area contributed by atoms with Crippen molar-refractivity contribution in [3.05, 3.63) is 72.9 Å². The zero-order chi connectivity index (χ0) is 50.0. The number of hydrogen-bond acceptors (Lipinski definition) is 14. The van der Waals surface area contributed by atoms with Crippen molar-refractivity contribution < 1.29 is 81.6 Å². The zero-order valence-electron chi connectivity index (χ0n) is 40.2. The minimum atomic E-state index is -5.38. The van der Waals surface area contributed by atoms with Crippen molar-refractivity contribution in [1.29, 1.82) is 0 Å². The van der Waals surface area contributed by atoms with Crippen molar-refractivity contribution in [2.24, 2.45) is 0 Å². The number of carbonyl (C=O) groups excluding carboxylic acids is 2. The highest BCUT2D eigenvalue weighted by Gasteiger charge is 2.54. The lowest BCUT2D eigenvalue weighted by Gasteiger charge is -2.43. The monoisotopic (exact) mass is 1000 g/mol. The molecule has 2 fully saturated rings. The second kappa shape index (κ2) is 36.3. The molecule has 1 saturated heterocycles. The average Bonchev–Trinajstić information content (AvgIpc) is 4.05. The summed E-state index contributed by atoms with van der Waals surface area (Å²) in [7, 11) is -10.7. The lowest BCUT2D eigenvalue weighted by molar-refractivity contribution is -0.216. The number of allylic oxidation sites excluding steroid dienone is 11. The predicted octanol–water partition coefficient (Wildman–Crippen LogP) is 8.61. The van der Waals surface area contributed by atoms with E-state index in [0.717, 1.165) is 70.6 Å². The van der Waals surface area contributed by atoms with Crippen LogP contribution in [-0.4, -0.2) is 115 Å². The molecule has 2 aliphatic rings. The maximum atomic E-state index is 13.0. The molecule has 1 aliphatic carbocycles. The van der Waals surface area contributed by atoms with E-state index in [9.17, 15) is 53.8 Å². The van der Waals surface area contributed by atoms with Crippen LogP contribution in [0.2, 0.25) is 0 Å². The molecule has 0 aromatic rings. The first-order valence-corrected chi connectivity index (χ1v) is 27.6. The molecule has 1 aliphatic heterocycles. The van der Waals surface area contributed by atoms with Gasteiger partial charge in [-0.05, 0) is 89.9 Å². The Hall–Kier alpha value is -2.60. The van der Waals surface area contributed by atoms with E-state index < -0.39 is 83.5 Å². The van der Waals surface area contributed by atoms with Crippen LogP contribution >= 0.6 is 15.6 Å². The molecule has 19 heteroatoms. The van der Waals surface area contributed by atoms with E-state index in [1.807, 2.05) is 0 Å². The molecule has 0 bridgehead atoms. The first-order valence-electron chi connectivity index (χ1n) is 24.6. The minimum absolute atomic E-state index is 0.00164. The number of esters is 2. The molecule has 7 unspecified atom stereocenters. The van der Waals surface area contributed by atoms with Gasteiger partial charge in [-0.1, -0.05) is 125 Å². The maximum Gasteiger partial charge on any atom is 0.472 e. The van der Waals surface area contributed by atoms with Gasteiger partial charge in [-0.15, -0.1) is 0 Å². The topological polar surface area (TPSA) is 269 Å². The van der Waals surface area contributed by atoms with Gasteiger partial charge in [0.1, 0.15) is 43.2 Å². The average molecular weight is 1010 g/mol. The highest BCUT2D eigenvalue weighted by Crippen LogP contribution is 2.49. The number of phosphoric ester groups is 2. The van der Waals surface area contributed by atoms with Gasteiger partial charge in [0.25, 0.3) is 0 Å². The lowest BCUT2D eigenvalue weighted by Crippen LogP contribution is -2.64. The second-order valence-corrected chi connectivity index (χ2v) is 19.8. The molecule has 7 N–H and O–H groups in total. The Labute approximate surface area is 404 Å². The van der Waals surface area contributed by atoms with Gasteiger partial charge >= 0.3 is 27.6 Å². The van der Waals surface area contributed by atoms with Gasteiger partial charge in [-0.3, -0.25) is 23.2 Å². The third kappa shape index (κ3) is 29.6. The number of aliphatic hydroxyl groups excluding tert-OH is 4. The van der Waals surface area contributed by atoms with Crippen molar-refractivity contribution >= 4 is 27.6 Å². The van der Waals surface area contributed by atoms with E-state index >= 15 is 0 Å². The van der Waals surface area contributed by atoms with Crippen LogP contribution in [0.25, 0.3) is 0 Å². The van der Waals surface area contributed by atoms with E-state index in [1.54, 1.807) is 0 Å². The fraction of sp³-hybridized carbons (Fsp3) is 0.714. The Bertz CT molecular complexity index is 1660. The Balaban J connectivity index is 1.83. The summed E-state index contributed by atoms with van der Waals surface area (Å²) in [5.74, 6) is -1.31. The van der Waals surface area contributed by atoms with E-state index in [0.29, 0.717) is 19.3 Å². The van der Waals surface area contributed by atoms with Gasteiger partial charge in [0.15, 0.2) is 6.10 Å². The number of unbranched alkanes of at least 4 members (excludes halogenated alkanes) is 10. The third-order valence-electron chi connectivity index (χ3n) is 11.2. The van der Waals surface area contributed by atoms with E-state index in [4.69, 9.17) is 23.3 Å². The van der Waals surface area contributed by atoms with Crippen molar-refractivity contribution in [2.75, 3.05) is 13.2 Å². The van der Waals surface area contributed by atoms with Gasteiger partial charge in [-0.2, -0.15) is 0 Å². The minimum Gasteiger partial charge on any atom is -0.462 e. The second-order valence-electron chi connectivity index (χ2n) is 17.2. The molecule has 68 heavy (non-hydrogen) atoms. The fourth-order valence-electron chi connectivity index (χ4n) is 7.24. The molecule has 0 spiro atoms. The molecule has 0 aromatic heterocycles. The van der Waals surface area contributed by atoms with Crippen LogP contribution in [0.5, 0.6) is 0 Å². The zero-order valence-corrected chi connectivity index (χ0v) is 42.0. The van der Waals surface area contributed by atoms with Crippen LogP contribution in [0, 0.1) is 0 Å². The summed E-state index contributed by atoms with van der Waals surface area (Å²) in [6.45, 7) is 2.97. The maximum absolute atomic E-state index is 13.0. The standard InChI is InChI=1S/C49H82O17P2/c1-3-5-7-9-11-13-15-17-18-19-20-21-23-25-27-29-31-35-43(51)63-39(38-62-68(59,60)66-49-46(54)44(52)45(53)48(47(49)55)65-67(56,57)58)37-61-42(50)36-32-34-41-40(64-41)33-30-28-26-24-22-16-14-12-10-8-6-4-2/h11-14,17-18,20-22,24,28,30,39-41,44-49,52-55H,3-10,15-16,19,23,25-27,29,31-38H2,1-2H3,(H,59,60)(H2,56,57,58)/b13-11-,14-12-,18-17-,21-20-,24-22-,30-28-/t39-,40?,41?,44?,45?,46?,47?,48-,49+/m1/s1. The van der Waals surface area contributed by atoms with Crippen molar-refractivity contribution in [2.45, 2.75) is 210 Å². The van der Waals surface area contributed by atoms with Crippen LogP contribution in [-0.2, 0) is 46.5 Å². The molecule has 1 saturated carbocycles. The van der Waals surface area contributed by atoms with Crippen LogP contribution in [0.4, 0.5) is 0 Å². The molecule has 10 atom stereocenters. The molecule has 0 radical (unpaired) electrons. The number of aliphatic hydroxyl groups is 4. The Morgan fingerprint density at radius 3 is 1.57 bits per heavy atom. The summed E-state index contributed by atoms with van der Waals surface area (Å²) in [4.78, 5) is 54.5. The molecule has 2 rings (SSSR count). The third-order valence-corrected chi connectivity index (χ3v) is 12.7. The SMILES string of the molecule is CCCCC/C=C\C/C=C\C/C=C\CCCCCCC(=O)O[C@H](COC(=O)CCCC1OC1C/C=C\C/C=C\C/C=C\CCCCC)COP(=O)(O)O[C@H]1C(O)C(O)C(O)[C@@H](OP(=O)(O)O)C1O. The van der Waals surface area contributed by atoms with Crippen molar-refractivity contribution in [3.63, 3.8) is 0 Å². The molecule has 0 aromatic carbocycles. The number of epoxide rings is 1. The number of hydrogen-bond donors (Lipinski definition) is 7. The first-order chi connectivity index (χ1) is 32.6. The summed E-state index contributed by atoms with van der Waals surface area (Å²) < 4.78 is 55.2. The summed E-state index contributed by atoms with van der Waals surface area (Å²) in [6.07, 6.45) is 30.1. The lowest BCUT2D eigenvalue weighted by atomic mass is 9.85. The van der Waals surface area contributed by atoms with Crippen molar-refractivity contribution in [3.8, 4) is 0 Å². The van der Waals surface area contributed by atoms with Gasteiger partial charge in [-0.25, -0.2) is 9.13 Å². The van der Waals surface area contributed by atoms with Gasteiger partial charge in [0.05, 0.1) is 18.8 Å². The Morgan fingerprint density at radius 1 is 0.544 bits per heavy atom. The molecule has 17 nitrogen and oxygen atoms in total. The van der Waals surface area contributed by atoms with Gasteiger partial charge < -0.3 is 49.3 Å². The Kier molecular flexibility index (Phi) is 32.9. The highest BCUT2D eigenvalue weighted by molar-refractivity contribution is 7.47. The number of phosphoric acid groups is 2. The van der Waals surface area contributed by atoms with E-state index in [-0.39, 0.29) is 25.0 Å². The predicted molar refractivity (Wildman–Crippen MR) is 259 cm³/mol. The van der Waals surface area contributed by atoms with Crippen LogP contribution in [0.3, 0.4) is 0 Å². The number of rotatable bonds is 39. The summed E-state index contributed by atoms with van der Waals surface area (Å²) in [5, 5.41) is 41.3. The quantitative estimate of drug-likeness (QED) is 0.00998. The summed E-state index contributed by atoms with van der Waals surface area (Å²) in [6, 6.07) is 0. The van der Waals surface area contributed by atoms with Crippen LogP contribution in [0.1, 0.15) is 155 Å². The summed E-state index contributed by atoms with van der Waals surface area (Å²) in [5.41, 5.74) is 0. The largest absolute Gasteiger partial charge is 0.472 e. The fourth-order valence-corrected chi connectivity index (χ4v) is 8.77. The van der Waals surface area contributed by atoms with Crippen LogP contribution < -0.4 is 0 Å². The van der Waals surface area contributed by atoms with E-state index in [2.05, 4.69) is 91.3 Å². The smallest absolute Gasteiger partial charge is 0.462 e. The molecule has 1 heterocycles. The molecule has 0 amide bonds.